The first-order chi connectivity index (χ1) is 7.40. The average molecular weight is 206 g/mol. The SMILES string of the molecule is OCC(=Cc1ccoc1)C1CCCCC1. The molecule has 0 saturated heterocycles. The maximum Gasteiger partial charge on any atom is 0.0974 e. The molecule has 1 N–H and O–H groups in total. The van der Waals surface area contributed by atoms with Crippen LogP contribution in [0.2, 0.25) is 0 Å². The van der Waals surface area contributed by atoms with Gasteiger partial charge in [0, 0.05) is 5.56 Å². The number of aliphatic hydroxyl groups excluding tert-OH is 1. The largest absolute Gasteiger partial charge is 0.472 e. The number of hydrogen-bond donors (Lipinski definition) is 1. The second-order valence-corrected chi connectivity index (χ2v) is 4.27. The van der Waals surface area contributed by atoms with E-state index in [-0.39, 0.29) is 6.61 Å². The van der Waals surface area contributed by atoms with Crippen molar-refractivity contribution in [2.75, 3.05) is 6.61 Å². The Hall–Kier alpha value is -1.02. The van der Waals surface area contributed by atoms with Crippen LogP contribution in [0.1, 0.15) is 37.7 Å². The second kappa shape index (κ2) is 5.17. The Balaban J connectivity index is 2.08. The van der Waals surface area contributed by atoms with Crippen LogP contribution in [0.3, 0.4) is 0 Å². The molecular formula is C13H18O2. The maximum atomic E-state index is 9.38. The Bertz CT molecular complexity index is 305. The number of furan rings is 1. The van der Waals surface area contributed by atoms with Crippen LogP contribution in [0.4, 0.5) is 0 Å². The average Bonchev–Trinajstić information content (AvgIpc) is 2.80. The molecule has 1 aromatic heterocycles. The van der Waals surface area contributed by atoms with Gasteiger partial charge in [-0.25, -0.2) is 0 Å². The lowest BCUT2D eigenvalue weighted by molar-refractivity contribution is 0.295. The monoisotopic (exact) mass is 206 g/mol. The summed E-state index contributed by atoms with van der Waals surface area (Å²) < 4.78 is 5.02. The van der Waals surface area contributed by atoms with E-state index in [9.17, 15) is 5.11 Å². The Morgan fingerprint density at radius 3 is 2.80 bits per heavy atom. The third kappa shape index (κ3) is 2.72. The first kappa shape index (κ1) is 10.5. The Kier molecular flexibility index (Phi) is 3.62. The lowest BCUT2D eigenvalue weighted by atomic mass is 9.83. The molecule has 1 aliphatic rings. The van der Waals surface area contributed by atoms with Gasteiger partial charge in [0.15, 0.2) is 0 Å². The molecule has 0 amide bonds. The zero-order valence-corrected chi connectivity index (χ0v) is 8.98. The summed E-state index contributed by atoms with van der Waals surface area (Å²) in [6.45, 7) is 0.176. The summed E-state index contributed by atoms with van der Waals surface area (Å²) in [5, 5.41) is 9.38. The zero-order chi connectivity index (χ0) is 10.5. The predicted octanol–water partition coefficient (Wildman–Crippen LogP) is 3.24. The van der Waals surface area contributed by atoms with E-state index in [4.69, 9.17) is 4.42 Å². The molecule has 2 rings (SSSR count). The molecule has 0 aromatic carbocycles. The van der Waals surface area contributed by atoms with Crippen molar-refractivity contribution in [3.8, 4) is 0 Å². The summed E-state index contributed by atoms with van der Waals surface area (Å²) in [6.07, 6.45) is 11.9. The van der Waals surface area contributed by atoms with Crippen molar-refractivity contribution in [2.45, 2.75) is 32.1 Å². The highest BCUT2D eigenvalue weighted by atomic mass is 16.3. The molecule has 15 heavy (non-hydrogen) atoms. The van der Waals surface area contributed by atoms with Gasteiger partial charge in [-0.05, 0) is 36.5 Å². The van der Waals surface area contributed by atoms with Crippen molar-refractivity contribution in [2.24, 2.45) is 5.92 Å². The fraction of sp³-hybridized carbons (Fsp3) is 0.538. The molecule has 1 heterocycles. The molecule has 1 saturated carbocycles. The van der Waals surface area contributed by atoms with Crippen LogP contribution in [0, 0.1) is 5.92 Å². The lowest BCUT2D eigenvalue weighted by Gasteiger charge is -2.23. The summed E-state index contributed by atoms with van der Waals surface area (Å²) in [5.74, 6) is 0.582. The fourth-order valence-electron chi connectivity index (χ4n) is 2.34. The summed E-state index contributed by atoms with van der Waals surface area (Å²) in [4.78, 5) is 0. The van der Waals surface area contributed by atoms with E-state index in [1.165, 1.54) is 32.1 Å². The van der Waals surface area contributed by atoms with Gasteiger partial charge in [-0.3, -0.25) is 0 Å². The van der Waals surface area contributed by atoms with Gasteiger partial charge < -0.3 is 9.52 Å². The number of aliphatic hydroxyl groups is 1. The zero-order valence-electron chi connectivity index (χ0n) is 8.98. The van der Waals surface area contributed by atoms with Crippen molar-refractivity contribution >= 4 is 6.08 Å². The van der Waals surface area contributed by atoms with Crippen molar-refractivity contribution in [1.82, 2.24) is 0 Å². The first-order valence-corrected chi connectivity index (χ1v) is 5.73. The van der Waals surface area contributed by atoms with E-state index in [2.05, 4.69) is 6.08 Å². The van der Waals surface area contributed by atoms with Gasteiger partial charge in [-0.1, -0.05) is 19.3 Å². The molecule has 0 aliphatic heterocycles. The molecule has 2 nitrogen and oxygen atoms in total. The summed E-state index contributed by atoms with van der Waals surface area (Å²) in [7, 11) is 0. The van der Waals surface area contributed by atoms with E-state index in [0.717, 1.165) is 11.1 Å². The molecule has 0 atom stereocenters. The van der Waals surface area contributed by atoms with E-state index < -0.39 is 0 Å². The van der Waals surface area contributed by atoms with Crippen LogP contribution in [0.5, 0.6) is 0 Å². The molecule has 1 fully saturated rings. The summed E-state index contributed by atoms with van der Waals surface area (Å²) in [5.41, 5.74) is 2.22. The standard InChI is InChI=1S/C13H18O2/c14-9-13(8-11-6-7-15-10-11)12-4-2-1-3-5-12/h6-8,10,12,14H,1-5,9H2. The minimum atomic E-state index is 0.176. The third-order valence-corrected chi connectivity index (χ3v) is 3.21. The van der Waals surface area contributed by atoms with Gasteiger partial charge in [0.25, 0.3) is 0 Å². The van der Waals surface area contributed by atoms with E-state index >= 15 is 0 Å². The van der Waals surface area contributed by atoms with Crippen LogP contribution in [0.25, 0.3) is 6.08 Å². The highest BCUT2D eigenvalue weighted by Crippen LogP contribution is 2.30. The Morgan fingerprint density at radius 1 is 1.40 bits per heavy atom. The van der Waals surface area contributed by atoms with Gasteiger partial charge in [0.05, 0.1) is 19.1 Å². The van der Waals surface area contributed by atoms with Crippen LogP contribution in [0.15, 0.2) is 28.6 Å². The third-order valence-electron chi connectivity index (χ3n) is 3.21. The first-order valence-electron chi connectivity index (χ1n) is 5.73. The van der Waals surface area contributed by atoms with Crippen molar-refractivity contribution in [3.05, 3.63) is 29.7 Å². The van der Waals surface area contributed by atoms with Crippen molar-refractivity contribution < 1.29 is 9.52 Å². The van der Waals surface area contributed by atoms with Crippen molar-refractivity contribution in [3.63, 3.8) is 0 Å². The van der Waals surface area contributed by atoms with E-state index in [1.807, 2.05) is 6.07 Å². The highest BCUT2D eigenvalue weighted by Gasteiger charge is 2.17. The van der Waals surface area contributed by atoms with E-state index in [1.54, 1.807) is 12.5 Å². The predicted molar refractivity (Wildman–Crippen MR) is 60.3 cm³/mol. The lowest BCUT2D eigenvalue weighted by Crippen LogP contribution is -2.11. The maximum absolute atomic E-state index is 9.38. The molecule has 2 heteroatoms. The minimum Gasteiger partial charge on any atom is -0.472 e. The van der Waals surface area contributed by atoms with Crippen LogP contribution in [-0.4, -0.2) is 11.7 Å². The van der Waals surface area contributed by atoms with Gasteiger partial charge >= 0.3 is 0 Å². The number of hydrogen-bond acceptors (Lipinski definition) is 2. The minimum absolute atomic E-state index is 0.176. The van der Waals surface area contributed by atoms with Crippen molar-refractivity contribution in [1.29, 1.82) is 0 Å². The molecular weight excluding hydrogens is 188 g/mol. The van der Waals surface area contributed by atoms with E-state index in [0.29, 0.717) is 5.92 Å². The number of rotatable bonds is 3. The molecule has 1 aliphatic carbocycles. The van der Waals surface area contributed by atoms with Gasteiger partial charge in [-0.2, -0.15) is 0 Å². The van der Waals surface area contributed by atoms with Crippen LogP contribution in [-0.2, 0) is 0 Å². The van der Waals surface area contributed by atoms with Crippen LogP contribution < -0.4 is 0 Å². The molecule has 0 radical (unpaired) electrons. The van der Waals surface area contributed by atoms with Gasteiger partial charge in [-0.15, -0.1) is 0 Å². The molecule has 0 bridgehead atoms. The Labute approximate surface area is 90.6 Å². The van der Waals surface area contributed by atoms with Crippen LogP contribution >= 0.6 is 0 Å². The van der Waals surface area contributed by atoms with Gasteiger partial charge in [0.1, 0.15) is 0 Å². The smallest absolute Gasteiger partial charge is 0.0974 e. The molecule has 82 valence electrons. The Morgan fingerprint density at radius 2 is 2.20 bits per heavy atom. The van der Waals surface area contributed by atoms with Gasteiger partial charge in [0.2, 0.25) is 0 Å². The normalized spacial score (nSPS) is 19.4. The molecule has 0 unspecified atom stereocenters. The molecule has 1 aromatic rings. The summed E-state index contributed by atoms with van der Waals surface area (Å²) in [6, 6.07) is 1.93. The topological polar surface area (TPSA) is 33.4 Å². The molecule has 0 spiro atoms. The second-order valence-electron chi connectivity index (χ2n) is 4.27. The summed E-state index contributed by atoms with van der Waals surface area (Å²) >= 11 is 0. The fourth-order valence-corrected chi connectivity index (χ4v) is 2.34. The quantitative estimate of drug-likeness (QED) is 0.823. The highest BCUT2D eigenvalue weighted by molar-refractivity contribution is 5.52.